The van der Waals surface area contributed by atoms with Crippen LogP contribution >= 0.6 is 11.6 Å². The summed E-state index contributed by atoms with van der Waals surface area (Å²) in [5, 5.41) is 10.0. The van der Waals surface area contributed by atoms with Crippen LogP contribution in [0.2, 0.25) is 5.02 Å². The van der Waals surface area contributed by atoms with Crippen molar-refractivity contribution in [1.29, 1.82) is 0 Å². The summed E-state index contributed by atoms with van der Waals surface area (Å²) in [6.45, 7) is 1.67. The second-order valence-electron chi connectivity index (χ2n) is 7.66. The summed E-state index contributed by atoms with van der Waals surface area (Å²) in [5.41, 5.74) is 2.61. The van der Waals surface area contributed by atoms with Crippen LogP contribution in [0.25, 0.3) is 11.4 Å². The van der Waals surface area contributed by atoms with Crippen LogP contribution in [0.5, 0.6) is 0 Å². The number of halogens is 1. The van der Waals surface area contributed by atoms with Crippen molar-refractivity contribution in [1.82, 2.24) is 15.5 Å². The molecule has 0 bridgehead atoms. The number of hydrogen-bond acceptors (Lipinski definition) is 5. The monoisotopic (exact) mass is 438 g/mol. The van der Waals surface area contributed by atoms with Crippen molar-refractivity contribution < 1.29 is 14.1 Å². The molecule has 2 amide bonds. The SMILES string of the molecule is Cc1c(Cl)cccc1NC(=O)CNC(=O)c1ccc(-c2noc(C3CCCC3)n2)cc1. The normalized spacial score (nSPS) is 13.9. The summed E-state index contributed by atoms with van der Waals surface area (Å²) < 4.78 is 5.42. The number of anilines is 1. The molecule has 0 atom stereocenters. The fraction of sp³-hybridized carbons (Fsp3) is 0.304. The molecule has 2 aromatic carbocycles. The van der Waals surface area contributed by atoms with E-state index >= 15 is 0 Å². The Kier molecular flexibility index (Phi) is 6.32. The van der Waals surface area contributed by atoms with E-state index in [2.05, 4.69) is 20.8 Å². The third-order valence-electron chi connectivity index (χ3n) is 5.50. The molecular formula is C23H23ClN4O3. The number of nitrogens with one attached hydrogen (secondary N) is 2. The molecule has 1 aliphatic rings. The third-order valence-corrected chi connectivity index (χ3v) is 5.91. The molecule has 4 rings (SSSR count). The zero-order valence-corrected chi connectivity index (χ0v) is 17.9. The molecule has 1 fully saturated rings. The fourth-order valence-electron chi connectivity index (χ4n) is 3.66. The molecule has 160 valence electrons. The summed E-state index contributed by atoms with van der Waals surface area (Å²) in [4.78, 5) is 29.1. The summed E-state index contributed by atoms with van der Waals surface area (Å²) in [5.74, 6) is 0.888. The Morgan fingerprint density at radius 2 is 1.87 bits per heavy atom. The zero-order chi connectivity index (χ0) is 21.8. The van der Waals surface area contributed by atoms with Crippen LogP contribution in [0.4, 0.5) is 5.69 Å². The van der Waals surface area contributed by atoms with Gasteiger partial charge in [-0.1, -0.05) is 47.8 Å². The largest absolute Gasteiger partial charge is 0.343 e. The van der Waals surface area contributed by atoms with Gasteiger partial charge < -0.3 is 15.2 Å². The van der Waals surface area contributed by atoms with Crippen LogP contribution in [0.15, 0.2) is 47.0 Å². The van der Waals surface area contributed by atoms with Gasteiger partial charge in [-0.2, -0.15) is 4.98 Å². The van der Waals surface area contributed by atoms with Crippen LogP contribution in [-0.2, 0) is 4.79 Å². The Balaban J connectivity index is 1.33. The molecule has 8 heteroatoms. The number of carbonyl (C=O) groups is 2. The number of benzene rings is 2. The van der Waals surface area contributed by atoms with Gasteiger partial charge in [0.1, 0.15) is 0 Å². The first-order valence-electron chi connectivity index (χ1n) is 10.3. The van der Waals surface area contributed by atoms with Gasteiger partial charge in [0.2, 0.25) is 17.6 Å². The number of hydrogen-bond donors (Lipinski definition) is 2. The van der Waals surface area contributed by atoms with Gasteiger partial charge in [-0.15, -0.1) is 0 Å². The molecule has 31 heavy (non-hydrogen) atoms. The highest BCUT2D eigenvalue weighted by atomic mass is 35.5. The average molecular weight is 439 g/mol. The van der Waals surface area contributed by atoms with Gasteiger partial charge in [0.15, 0.2) is 0 Å². The van der Waals surface area contributed by atoms with Gasteiger partial charge in [-0.3, -0.25) is 9.59 Å². The van der Waals surface area contributed by atoms with E-state index in [4.69, 9.17) is 16.1 Å². The van der Waals surface area contributed by atoms with Crippen LogP contribution in [0, 0.1) is 6.92 Å². The minimum atomic E-state index is -0.343. The standard InChI is InChI=1S/C23H23ClN4O3/c1-14-18(24)7-4-8-19(14)26-20(29)13-25-22(30)16-11-9-15(10-12-16)21-27-23(31-28-21)17-5-2-3-6-17/h4,7-12,17H,2-3,5-6,13H2,1H3,(H,25,30)(H,26,29). The molecule has 3 aromatic rings. The first-order valence-corrected chi connectivity index (χ1v) is 10.7. The van der Waals surface area contributed by atoms with Crippen LogP contribution in [0.3, 0.4) is 0 Å². The van der Waals surface area contributed by atoms with Crippen LogP contribution in [-0.4, -0.2) is 28.5 Å². The van der Waals surface area contributed by atoms with Crippen molar-refractivity contribution in [2.45, 2.75) is 38.5 Å². The van der Waals surface area contributed by atoms with Gasteiger partial charge in [-0.05, 0) is 49.6 Å². The number of rotatable bonds is 6. The highest BCUT2D eigenvalue weighted by Gasteiger charge is 2.23. The van der Waals surface area contributed by atoms with Gasteiger partial charge >= 0.3 is 0 Å². The topological polar surface area (TPSA) is 97.1 Å². The van der Waals surface area contributed by atoms with E-state index in [1.54, 1.807) is 42.5 Å². The lowest BCUT2D eigenvalue weighted by molar-refractivity contribution is -0.115. The van der Waals surface area contributed by atoms with Gasteiger partial charge in [0.05, 0.1) is 6.54 Å². The molecule has 0 aliphatic heterocycles. The molecule has 0 unspecified atom stereocenters. The lowest BCUT2D eigenvalue weighted by atomic mass is 10.1. The Hall–Kier alpha value is -3.19. The highest BCUT2D eigenvalue weighted by molar-refractivity contribution is 6.31. The van der Waals surface area contributed by atoms with E-state index < -0.39 is 0 Å². The van der Waals surface area contributed by atoms with E-state index in [1.165, 1.54) is 12.8 Å². The highest BCUT2D eigenvalue weighted by Crippen LogP contribution is 2.33. The summed E-state index contributed by atoms with van der Waals surface area (Å²) >= 11 is 6.06. The molecule has 0 saturated heterocycles. The van der Waals surface area contributed by atoms with Crippen LogP contribution in [0.1, 0.15) is 53.4 Å². The van der Waals surface area contributed by atoms with Gasteiger partial charge in [0.25, 0.3) is 5.91 Å². The predicted molar refractivity (Wildman–Crippen MR) is 118 cm³/mol. The predicted octanol–water partition coefficient (Wildman–Crippen LogP) is 4.72. The van der Waals surface area contributed by atoms with E-state index in [0.717, 1.165) is 24.0 Å². The average Bonchev–Trinajstić information content (AvgIpc) is 3.47. The molecule has 2 N–H and O–H groups in total. The lowest BCUT2D eigenvalue weighted by Gasteiger charge is -2.10. The zero-order valence-electron chi connectivity index (χ0n) is 17.2. The maximum Gasteiger partial charge on any atom is 0.251 e. The molecule has 0 spiro atoms. The van der Waals surface area contributed by atoms with Gasteiger partial charge in [-0.25, -0.2) is 0 Å². The van der Waals surface area contributed by atoms with E-state index in [-0.39, 0.29) is 18.4 Å². The Labute approximate surface area is 185 Å². The summed E-state index contributed by atoms with van der Waals surface area (Å²) in [6, 6.07) is 12.2. The van der Waals surface area contributed by atoms with E-state index in [0.29, 0.717) is 33.9 Å². The molecule has 1 saturated carbocycles. The number of amides is 2. The maximum absolute atomic E-state index is 12.4. The number of carbonyl (C=O) groups excluding carboxylic acids is 2. The minimum Gasteiger partial charge on any atom is -0.343 e. The quantitative estimate of drug-likeness (QED) is 0.580. The van der Waals surface area contributed by atoms with Crippen LogP contribution < -0.4 is 10.6 Å². The molecule has 0 radical (unpaired) electrons. The summed E-state index contributed by atoms with van der Waals surface area (Å²) in [6.07, 6.45) is 4.57. The van der Waals surface area contributed by atoms with Crippen molar-refractivity contribution in [2.75, 3.05) is 11.9 Å². The molecule has 7 nitrogen and oxygen atoms in total. The minimum absolute atomic E-state index is 0.151. The maximum atomic E-state index is 12.4. The van der Waals surface area contributed by atoms with E-state index in [1.807, 2.05) is 6.92 Å². The smallest absolute Gasteiger partial charge is 0.251 e. The lowest BCUT2D eigenvalue weighted by Crippen LogP contribution is -2.33. The Morgan fingerprint density at radius 3 is 2.61 bits per heavy atom. The van der Waals surface area contributed by atoms with Gasteiger partial charge in [0, 0.05) is 27.8 Å². The second kappa shape index (κ2) is 9.31. The third kappa shape index (κ3) is 4.94. The van der Waals surface area contributed by atoms with Crippen molar-refractivity contribution in [3.05, 3.63) is 64.5 Å². The first-order chi connectivity index (χ1) is 15.0. The van der Waals surface area contributed by atoms with Crippen molar-refractivity contribution in [3.8, 4) is 11.4 Å². The Morgan fingerprint density at radius 1 is 1.13 bits per heavy atom. The second-order valence-corrected chi connectivity index (χ2v) is 8.07. The Bertz CT molecular complexity index is 1090. The molecule has 1 aromatic heterocycles. The van der Waals surface area contributed by atoms with Crippen molar-refractivity contribution in [2.24, 2.45) is 0 Å². The summed E-state index contributed by atoms with van der Waals surface area (Å²) in [7, 11) is 0. The molecule has 1 heterocycles. The molecule has 1 aliphatic carbocycles. The van der Waals surface area contributed by atoms with Crippen molar-refractivity contribution in [3.63, 3.8) is 0 Å². The number of aromatic nitrogens is 2. The van der Waals surface area contributed by atoms with E-state index in [9.17, 15) is 9.59 Å². The fourth-order valence-corrected chi connectivity index (χ4v) is 3.84. The first kappa shape index (κ1) is 21.1. The van der Waals surface area contributed by atoms with Crippen molar-refractivity contribution >= 4 is 29.1 Å². The number of nitrogens with zero attached hydrogens (tertiary/aromatic N) is 2. The molecular weight excluding hydrogens is 416 g/mol.